The third kappa shape index (κ3) is 11.2. The van der Waals surface area contributed by atoms with Crippen LogP contribution >= 0.6 is 11.8 Å². The van der Waals surface area contributed by atoms with Gasteiger partial charge in [0.15, 0.2) is 23.0 Å². The number of hydrogen-bond acceptors (Lipinski definition) is 13. The van der Waals surface area contributed by atoms with Gasteiger partial charge >= 0.3 is 0 Å². The number of amides is 2. The summed E-state index contributed by atoms with van der Waals surface area (Å²) in [5, 5.41) is 5.49. The Morgan fingerprint density at radius 2 is 1.15 bits per heavy atom. The number of ether oxygens (including phenoxy) is 6. The summed E-state index contributed by atoms with van der Waals surface area (Å²) >= 11 is 1.60. The highest BCUT2D eigenvalue weighted by atomic mass is 32.2. The fourth-order valence-corrected chi connectivity index (χ4v) is 9.71. The van der Waals surface area contributed by atoms with Crippen molar-refractivity contribution < 1.29 is 47.6 Å². The molecule has 0 spiro atoms. The van der Waals surface area contributed by atoms with Gasteiger partial charge in [0.2, 0.25) is 11.8 Å². The smallest absolute Gasteiger partial charge is 0.261 e. The number of carbonyl (C=O) groups is 4. The van der Waals surface area contributed by atoms with Gasteiger partial charge in [0.05, 0.1) is 71.7 Å². The normalized spacial score (nSPS) is 16.8. The number of fused-ring (bicyclic) bond motifs is 2. The number of aromatic nitrogens is 2. The van der Waals surface area contributed by atoms with Gasteiger partial charge in [0.25, 0.3) is 11.6 Å². The Kier molecular flexibility index (Phi) is 16.4. The van der Waals surface area contributed by atoms with Crippen LogP contribution in [-0.2, 0) is 38.1 Å². The number of methoxy groups -OCH3 is 6. The number of pyridine rings is 2. The molecular formula is C56H54N4O10S. The average Bonchev–Trinajstić information content (AvgIpc) is 3.80. The van der Waals surface area contributed by atoms with Gasteiger partial charge in [0, 0.05) is 24.4 Å². The predicted octanol–water partition coefficient (Wildman–Crippen LogP) is 9.76. The van der Waals surface area contributed by atoms with Gasteiger partial charge in [-0.2, -0.15) is 0 Å². The third-order valence-electron chi connectivity index (χ3n) is 12.0. The van der Waals surface area contributed by atoms with Crippen molar-refractivity contribution >= 4 is 63.2 Å². The standard InChI is InChI=1S/C29H30N2O5S.C27H24N2O5/c1-6-37-28(29(33)31-19-8-7-11-30-16-19)26-17(2)22(21-10-9-20(34-3)15-23(21)26)12-18-13-24(35-4)27(32)25(14-18)36-5;1-16-21(10-17-11-24(33-3)27(31)25(12-17)34-4)20-8-7-19(32-2)13-23(20)22(16)14-26(30)29-18-6-5-9-28-15-18/h7-16,26,28H,6H2,1-5H3,(H,31,33);5-15H,1-4H3,(H,29,30)/b;22-14+. The molecule has 0 radical (unpaired) electrons. The summed E-state index contributed by atoms with van der Waals surface area (Å²) in [6, 6.07) is 18.8. The van der Waals surface area contributed by atoms with Gasteiger partial charge in [-0.15, -0.1) is 11.8 Å². The average molecular weight is 975 g/mol. The maximum atomic E-state index is 13.6. The second kappa shape index (κ2) is 23.0. The number of rotatable bonds is 15. The zero-order chi connectivity index (χ0) is 50.8. The molecule has 0 saturated carbocycles. The second-order valence-electron chi connectivity index (χ2n) is 16.2. The van der Waals surface area contributed by atoms with Crippen LogP contribution in [0.1, 0.15) is 48.9 Å². The first-order valence-corrected chi connectivity index (χ1v) is 23.5. The molecule has 364 valence electrons. The maximum Gasteiger partial charge on any atom is 0.261 e. The summed E-state index contributed by atoms with van der Waals surface area (Å²) in [5.41, 5.74) is 11.3. The first kappa shape index (κ1) is 50.7. The van der Waals surface area contributed by atoms with E-state index in [9.17, 15) is 19.2 Å². The minimum atomic E-state index is -0.380. The first-order chi connectivity index (χ1) is 34.4. The molecule has 0 bridgehead atoms. The van der Waals surface area contributed by atoms with E-state index in [4.69, 9.17) is 28.4 Å². The van der Waals surface area contributed by atoms with E-state index < -0.39 is 0 Å². The van der Waals surface area contributed by atoms with Crippen LogP contribution in [0.5, 0.6) is 11.5 Å². The van der Waals surface area contributed by atoms with Crippen LogP contribution in [0.3, 0.4) is 0 Å². The SMILES string of the molecule is CCSC(C(=O)Nc1cccnc1)C1C(C)=C(C=C2C=C(OC)C(=O)C(OC)=C2)c2ccc(OC)cc21.COC1=CC(=CC2=C(C)/C(=C\C(=O)Nc3cccnc3)c3cc(OC)ccc32)C=C(OC)C1=O. The largest absolute Gasteiger partial charge is 0.497 e. The molecule has 2 unspecified atom stereocenters. The van der Waals surface area contributed by atoms with Crippen LogP contribution in [0.4, 0.5) is 11.4 Å². The Balaban J connectivity index is 0.000000209. The highest BCUT2D eigenvalue weighted by Gasteiger charge is 2.38. The van der Waals surface area contributed by atoms with Crippen LogP contribution in [0.2, 0.25) is 0 Å². The van der Waals surface area contributed by atoms with Crippen LogP contribution in [0.15, 0.2) is 173 Å². The highest BCUT2D eigenvalue weighted by Crippen LogP contribution is 2.49. The summed E-state index contributed by atoms with van der Waals surface area (Å²) in [7, 11) is 9.06. The molecule has 2 amide bonds. The van der Waals surface area contributed by atoms with E-state index >= 15 is 0 Å². The van der Waals surface area contributed by atoms with Crippen LogP contribution in [0.25, 0.3) is 16.7 Å². The molecule has 8 rings (SSSR count). The minimum absolute atomic E-state index is 0.0849. The molecule has 2 heterocycles. The van der Waals surface area contributed by atoms with Gasteiger partial charge in [-0.25, -0.2) is 0 Å². The Hall–Kier alpha value is -8.17. The quantitative estimate of drug-likeness (QED) is 0.108. The predicted molar refractivity (Wildman–Crippen MR) is 276 cm³/mol. The summed E-state index contributed by atoms with van der Waals surface area (Å²) in [5.74, 6) is 1.86. The number of nitrogens with zero attached hydrogens (tertiary/aromatic N) is 2. The van der Waals surface area contributed by atoms with Gasteiger partial charge < -0.3 is 39.1 Å². The maximum absolute atomic E-state index is 13.6. The number of allylic oxidation sites excluding steroid dienone is 13. The lowest BCUT2D eigenvalue weighted by Gasteiger charge is -2.25. The number of thioether (sulfide) groups is 1. The lowest BCUT2D eigenvalue weighted by Crippen LogP contribution is -2.31. The Morgan fingerprint density at radius 1 is 0.648 bits per heavy atom. The Morgan fingerprint density at radius 3 is 1.65 bits per heavy atom. The van der Waals surface area contributed by atoms with E-state index in [0.29, 0.717) is 17.1 Å². The molecule has 2 N–H and O–H groups in total. The zero-order valence-electron chi connectivity index (χ0n) is 40.9. The summed E-state index contributed by atoms with van der Waals surface area (Å²) in [4.78, 5) is 59.3. The first-order valence-electron chi connectivity index (χ1n) is 22.5. The van der Waals surface area contributed by atoms with Crippen molar-refractivity contribution in [3.8, 4) is 11.5 Å². The summed E-state index contributed by atoms with van der Waals surface area (Å²) in [6.07, 6.45) is 18.8. The topological polar surface area (TPSA) is 174 Å². The fourth-order valence-electron chi connectivity index (χ4n) is 8.59. The molecular weight excluding hydrogens is 921 g/mol. The Labute approximate surface area is 417 Å². The number of hydrogen-bond donors (Lipinski definition) is 2. The molecule has 0 saturated heterocycles. The monoisotopic (exact) mass is 974 g/mol. The minimum Gasteiger partial charge on any atom is -0.497 e. The molecule has 71 heavy (non-hydrogen) atoms. The third-order valence-corrected chi connectivity index (χ3v) is 13.2. The van der Waals surface area contributed by atoms with E-state index in [1.54, 1.807) is 99.3 Å². The van der Waals surface area contributed by atoms with Crippen LogP contribution in [0, 0.1) is 0 Å². The molecule has 14 nitrogen and oxygen atoms in total. The van der Waals surface area contributed by atoms with Crippen molar-refractivity contribution in [3.63, 3.8) is 0 Å². The van der Waals surface area contributed by atoms with Crippen molar-refractivity contribution in [2.75, 3.05) is 59.0 Å². The number of anilines is 2. The molecule has 4 aliphatic carbocycles. The molecule has 2 aromatic heterocycles. The molecule has 0 fully saturated rings. The van der Waals surface area contributed by atoms with Gasteiger partial charge in [0.1, 0.15) is 11.5 Å². The van der Waals surface area contributed by atoms with Gasteiger partial charge in [-0.05, 0) is 160 Å². The fraction of sp³-hybridized carbons (Fsp3) is 0.214. The van der Waals surface area contributed by atoms with Crippen molar-refractivity contribution in [2.24, 2.45) is 0 Å². The number of carbonyl (C=O) groups excluding carboxylic acids is 4. The zero-order valence-corrected chi connectivity index (χ0v) is 41.7. The molecule has 2 atom stereocenters. The number of Topliss-reactive ketones (excluding diaryl/α,β-unsaturated/α-hetero) is 2. The van der Waals surface area contributed by atoms with E-state index in [2.05, 4.69) is 27.5 Å². The highest BCUT2D eigenvalue weighted by molar-refractivity contribution is 8.00. The van der Waals surface area contributed by atoms with Gasteiger partial charge in [-0.3, -0.25) is 29.1 Å². The van der Waals surface area contributed by atoms with Crippen molar-refractivity contribution in [3.05, 3.63) is 196 Å². The molecule has 4 aliphatic rings. The van der Waals surface area contributed by atoms with Crippen LogP contribution in [-0.4, -0.2) is 87.0 Å². The molecule has 0 aliphatic heterocycles. The lowest BCUT2D eigenvalue weighted by molar-refractivity contribution is -0.118. The van der Waals surface area contributed by atoms with Crippen LogP contribution < -0.4 is 20.1 Å². The number of benzene rings is 2. The second-order valence-corrected chi connectivity index (χ2v) is 17.6. The molecule has 2 aromatic carbocycles. The van der Waals surface area contributed by atoms with E-state index in [0.717, 1.165) is 72.8 Å². The molecule has 15 heteroatoms. The number of nitrogens with one attached hydrogen (secondary N) is 2. The Bertz CT molecular complexity index is 3000. The number of ketones is 2. The van der Waals surface area contributed by atoms with Gasteiger partial charge in [-0.1, -0.05) is 24.6 Å². The molecule has 4 aromatic rings. The lowest BCUT2D eigenvalue weighted by atomic mass is 9.92. The van der Waals surface area contributed by atoms with E-state index in [1.807, 2.05) is 68.5 Å². The van der Waals surface area contributed by atoms with E-state index in [-0.39, 0.29) is 57.6 Å². The van der Waals surface area contributed by atoms with Crippen molar-refractivity contribution in [1.29, 1.82) is 0 Å². The van der Waals surface area contributed by atoms with E-state index in [1.165, 1.54) is 28.4 Å². The van der Waals surface area contributed by atoms with Crippen molar-refractivity contribution in [2.45, 2.75) is 31.9 Å². The summed E-state index contributed by atoms with van der Waals surface area (Å²) in [6.45, 7) is 6.06. The van der Waals surface area contributed by atoms with Crippen molar-refractivity contribution in [1.82, 2.24) is 9.97 Å². The summed E-state index contributed by atoms with van der Waals surface area (Å²) < 4.78 is 32.0.